The van der Waals surface area contributed by atoms with E-state index in [9.17, 15) is 21.6 Å². The summed E-state index contributed by atoms with van der Waals surface area (Å²) in [6, 6.07) is 9.48. The molecule has 11 heteroatoms. The summed E-state index contributed by atoms with van der Waals surface area (Å²) in [5.74, 6) is -0.0449. The van der Waals surface area contributed by atoms with Crippen molar-refractivity contribution in [2.75, 3.05) is 39.7 Å². The van der Waals surface area contributed by atoms with Crippen molar-refractivity contribution < 1.29 is 31.1 Å². The Morgan fingerprint density at radius 1 is 1.03 bits per heavy atom. The molecule has 0 bridgehead atoms. The predicted molar refractivity (Wildman–Crippen MR) is 118 cm³/mol. The van der Waals surface area contributed by atoms with Gasteiger partial charge in [0.05, 0.1) is 35.7 Å². The molecular formula is C21H26N2O7S2. The highest BCUT2D eigenvalue weighted by Crippen LogP contribution is 2.26. The molecule has 0 saturated carbocycles. The summed E-state index contributed by atoms with van der Waals surface area (Å²) in [7, 11) is -5.91. The number of ether oxygens (including phenoxy) is 2. The number of sulfone groups is 1. The van der Waals surface area contributed by atoms with Crippen molar-refractivity contribution in [2.45, 2.75) is 22.8 Å². The van der Waals surface area contributed by atoms with Crippen molar-refractivity contribution in [2.24, 2.45) is 0 Å². The zero-order chi connectivity index (χ0) is 23.5. The zero-order valence-electron chi connectivity index (χ0n) is 18.1. The number of carbonyl (C=O) groups is 1. The number of hydrogen-bond acceptors (Lipinski definition) is 7. The number of benzene rings is 2. The van der Waals surface area contributed by atoms with Gasteiger partial charge in [0.25, 0.3) is 5.91 Å². The lowest BCUT2D eigenvalue weighted by Gasteiger charge is -2.27. The van der Waals surface area contributed by atoms with Crippen LogP contribution in [-0.2, 0) is 24.6 Å². The predicted octanol–water partition coefficient (Wildman–Crippen LogP) is 1.61. The molecule has 1 atom stereocenters. The van der Waals surface area contributed by atoms with Gasteiger partial charge in [0, 0.05) is 25.4 Å². The largest absolute Gasteiger partial charge is 0.496 e. The van der Waals surface area contributed by atoms with E-state index in [0.717, 1.165) is 6.26 Å². The molecule has 9 nitrogen and oxygen atoms in total. The molecule has 3 rings (SSSR count). The molecule has 174 valence electrons. The van der Waals surface area contributed by atoms with Gasteiger partial charge in [-0.2, -0.15) is 0 Å². The molecule has 2 aromatic rings. The van der Waals surface area contributed by atoms with Crippen molar-refractivity contribution in [3.8, 4) is 5.75 Å². The number of carbonyl (C=O) groups excluding carboxylic acids is 1. The number of nitrogens with one attached hydrogen (secondary N) is 1. The van der Waals surface area contributed by atoms with Crippen LogP contribution >= 0.6 is 0 Å². The van der Waals surface area contributed by atoms with E-state index in [1.54, 1.807) is 24.0 Å². The van der Waals surface area contributed by atoms with E-state index in [-0.39, 0.29) is 27.0 Å². The Morgan fingerprint density at radius 2 is 1.62 bits per heavy atom. The minimum absolute atomic E-state index is 0.0745. The summed E-state index contributed by atoms with van der Waals surface area (Å²) < 4.78 is 62.3. The molecule has 1 N–H and O–H groups in total. The SMILES string of the molecule is COc1ccc(S(=O)(=O)N[C@H](C)c2ccc(S(C)(=O)=O)cc2)cc1C(=O)N1CCOCC1. The van der Waals surface area contributed by atoms with Gasteiger partial charge in [-0.15, -0.1) is 0 Å². The summed E-state index contributed by atoms with van der Waals surface area (Å²) in [5, 5.41) is 0. The molecule has 1 aliphatic rings. The molecule has 0 aromatic heterocycles. The molecule has 0 radical (unpaired) electrons. The molecular weight excluding hydrogens is 456 g/mol. The quantitative estimate of drug-likeness (QED) is 0.637. The van der Waals surface area contributed by atoms with Crippen LogP contribution < -0.4 is 9.46 Å². The van der Waals surface area contributed by atoms with Gasteiger partial charge in [-0.25, -0.2) is 21.6 Å². The highest BCUT2D eigenvalue weighted by atomic mass is 32.2. The zero-order valence-corrected chi connectivity index (χ0v) is 19.7. The third-order valence-electron chi connectivity index (χ3n) is 5.15. The second-order valence-electron chi connectivity index (χ2n) is 7.45. The molecule has 1 aliphatic heterocycles. The Kier molecular flexibility index (Phi) is 7.23. The summed E-state index contributed by atoms with van der Waals surface area (Å²) >= 11 is 0. The first-order chi connectivity index (χ1) is 15.0. The van der Waals surface area contributed by atoms with Gasteiger partial charge in [0.2, 0.25) is 10.0 Å². The van der Waals surface area contributed by atoms with Crippen LogP contribution in [0.5, 0.6) is 5.75 Å². The van der Waals surface area contributed by atoms with E-state index in [0.29, 0.717) is 31.9 Å². The normalized spacial score (nSPS) is 15.9. The molecule has 1 saturated heterocycles. The highest BCUT2D eigenvalue weighted by molar-refractivity contribution is 7.90. The first kappa shape index (κ1) is 24.2. The first-order valence-electron chi connectivity index (χ1n) is 9.90. The molecule has 2 aromatic carbocycles. The summed E-state index contributed by atoms with van der Waals surface area (Å²) in [5.41, 5.74) is 0.751. The Morgan fingerprint density at radius 3 is 2.19 bits per heavy atom. The van der Waals surface area contributed by atoms with E-state index in [2.05, 4.69) is 4.72 Å². The van der Waals surface area contributed by atoms with Crippen LogP contribution in [0.3, 0.4) is 0 Å². The molecule has 0 unspecified atom stereocenters. The topological polar surface area (TPSA) is 119 Å². The third-order valence-corrected chi connectivity index (χ3v) is 7.82. The lowest BCUT2D eigenvalue weighted by molar-refractivity contribution is 0.0300. The third kappa shape index (κ3) is 5.47. The number of nitrogens with zero attached hydrogens (tertiary/aromatic N) is 1. The second-order valence-corrected chi connectivity index (χ2v) is 11.2. The van der Waals surface area contributed by atoms with E-state index >= 15 is 0 Å². The first-order valence-corrected chi connectivity index (χ1v) is 13.3. The summed E-state index contributed by atoms with van der Waals surface area (Å²) in [6.45, 7) is 3.32. The molecule has 0 spiro atoms. The number of hydrogen-bond donors (Lipinski definition) is 1. The molecule has 1 fully saturated rings. The van der Waals surface area contributed by atoms with Crippen molar-refractivity contribution >= 4 is 25.8 Å². The maximum absolute atomic E-state index is 13.0. The van der Waals surface area contributed by atoms with Gasteiger partial charge in [-0.3, -0.25) is 4.79 Å². The lowest BCUT2D eigenvalue weighted by Crippen LogP contribution is -2.40. The minimum atomic E-state index is -3.98. The number of methoxy groups -OCH3 is 1. The van der Waals surface area contributed by atoms with E-state index in [4.69, 9.17) is 9.47 Å². The number of rotatable bonds is 7. The number of amides is 1. The minimum Gasteiger partial charge on any atom is -0.496 e. The van der Waals surface area contributed by atoms with E-state index < -0.39 is 25.9 Å². The number of morpholine rings is 1. The van der Waals surface area contributed by atoms with Gasteiger partial charge in [-0.05, 0) is 42.8 Å². The maximum Gasteiger partial charge on any atom is 0.257 e. The van der Waals surface area contributed by atoms with Gasteiger partial charge in [0.1, 0.15) is 5.75 Å². The van der Waals surface area contributed by atoms with Gasteiger partial charge in [-0.1, -0.05) is 12.1 Å². The van der Waals surface area contributed by atoms with Gasteiger partial charge >= 0.3 is 0 Å². The Hall–Kier alpha value is -2.47. The van der Waals surface area contributed by atoms with Crippen LogP contribution in [0.2, 0.25) is 0 Å². The fourth-order valence-electron chi connectivity index (χ4n) is 3.33. The summed E-state index contributed by atoms with van der Waals surface area (Å²) in [4.78, 5) is 14.6. The monoisotopic (exact) mass is 482 g/mol. The maximum atomic E-state index is 13.0. The Bertz CT molecular complexity index is 1190. The molecule has 1 heterocycles. The molecule has 0 aliphatic carbocycles. The van der Waals surface area contributed by atoms with Crippen LogP contribution in [0.15, 0.2) is 52.3 Å². The fourth-order valence-corrected chi connectivity index (χ4v) is 5.22. The van der Waals surface area contributed by atoms with Crippen LogP contribution in [0.25, 0.3) is 0 Å². The standard InChI is InChI=1S/C21H26N2O7S2/c1-15(16-4-6-17(7-5-16)31(3,25)26)22-32(27,28)18-8-9-20(29-2)19(14-18)21(24)23-10-12-30-13-11-23/h4-9,14-15,22H,10-13H2,1-3H3/t15-/m1/s1. The van der Waals surface area contributed by atoms with E-state index in [1.807, 2.05) is 0 Å². The molecule has 32 heavy (non-hydrogen) atoms. The highest BCUT2D eigenvalue weighted by Gasteiger charge is 2.25. The fraction of sp³-hybridized carbons (Fsp3) is 0.381. The number of sulfonamides is 1. The van der Waals surface area contributed by atoms with Crippen LogP contribution in [0.4, 0.5) is 0 Å². The average molecular weight is 483 g/mol. The lowest BCUT2D eigenvalue weighted by atomic mass is 10.1. The van der Waals surface area contributed by atoms with Crippen molar-refractivity contribution in [3.05, 3.63) is 53.6 Å². The van der Waals surface area contributed by atoms with Crippen LogP contribution in [0.1, 0.15) is 28.9 Å². The summed E-state index contributed by atoms with van der Waals surface area (Å²) in [6.07, 6.45) is 1.10. The van der Waals surface area contributed by atoms with Gasteiger partial charge < -0.3 is 14.4 Å². The Labute approximate surface area is 188 Å². The average Bonchev–Trinajstić information content (AvgIpc) is 2.78. The molecule has 1 amide bonds. The van der Waals surface area contributed by atoms with E-state index in [1.165, 1.54) is 37.4 Å². The van der Waals surface area contributed by atoms with Crippen molar-refractivity contribution in [1.29, 1.82) is 0 Å². The van der Waals surface area contributed by atoms with Crippen molar-refractivity contribution in [3.63, 3.8) is 0 Å². The second kappa shape index (κ2) is 9.57. The van der Waals surface area contributed by atoms with Crippen molar-refractivity contribution in [1.82, 2.24) is 9.62 Å². The van der Waals surface area contributed by atoms with Crippen LogP contribution in [0, 0.1) is 0 Å². The van der Waals surface area contributed by atoms with Crippen LogP contribution in [-0.4, -0.2) is 67.3 Å². The van der Waals surface area contributed by atoms with Gasteiger partial charge in [0.15, 0.2) is 9.84 Å². The Balaban J connectivity index is 1.85. The smallest absolute Gasteiger partial charge is 0.257 e.